The molecule has 1 fully saturated rings. The highest BCUT2D eigenvalue weighted by Crippen LogP contribution is 2.25. The zero-order valence-electron chi connectivity index (χ0n) is 9.96. The van der Waals surface area contributed by atoms with Crippen LogP contribution in [0, 0.1) is 5.82 Å². The predicted octanol–water partition coefficient (Wildman–Crippen LogP) is 2.65. The van der Waals surface area contributed by atoms with Crippen LogP contribution < -0.4 is 11.1 Å². The number of rotatable bonds is 4. The lowest BCUT2D eigenvalue weighted by atomic mass is 10.0. The van der Waals surface area contributed by atoms with Gasteiger partial charge in [0.05, 0.1) is 0 Å². The first-order valence-electron chi connectivity index (χ1n) is 6.08. The van der Waals surface area contributed by atoms with Crippen molar-refractivity contribution in [1.82, 2.24) is 5.32 Å². The Kier molecular flexibility index (Phi) is 4.35. The average molecular weight is 315 g/mol. The highest BCUT2D eigenvalue weighted by Gasteiger charge is 2.26. The minimum atomic E-state index is -0.759. The zero-order valence-corrected chi connectivity index (χ0v) is 11.5. The molecule has 3 N–H and O–H groups in total. The molecule has 1 aromatic rings. The van der Waals surface area contributed by atoms with Gasteiger partial charge in [0.25, 0.3) is 0 Å². The standard InChI is InChI=1S/C13H16BrFN2O/c14-8-5-6-11(15)10(7-8)12(13(16)18)17-9-3-1-2-4-9/h5-7,9,12,17H,1-4H2,(H2,16,18). The van der Waals surface area contributed by atoms with E-state index in [9.17, 15) is 9.18 Å². The normalized spacial score (nSPS) is 17.9. The highest BCUT2D eigenvalue weighted by atomic mass is 79.9. The number of carbonyl (C=O) groups is 1. The van der Waals surface area contributed by atoms with Crippen LogP contribution in [-0.2, 0) is 4.79 Å². The number of benzene rings is 1. The third-order valence-electron chi connectivity index (χ3n) is 3.31. The first kappa shape index (κ1) is 13.5. The summed E-state index contributed by atoms with van der Waals surface area (Å²) in [5.74, 6) is -0.952. The molecule has 2 rings (SSSR count). The molecule has 0 aliphatic heterocycles. The summed E-state index contributed by atoms with van der Waals surface area (Å²) in [4.78, 5) is 11.5. The van der Waals surface area contributed by atoms with Gasteiger partial charge in [-0.3, -0.25) is 10.1 Å². The Balaban J connectivity index is 2.23. The van der Waals surface area contributed by atoms with Crippen molar-refractivity contribution in [1.29, 1.82) is 0 Å². The van der Waals surface area contributed by atoms with E-state index < -0.39 is 17.8 Å². The van der Waals surface area contributed by atoms with Crippen molar-refractivity contribution in [3.8, 4) is 0 Å². The van der Waals surface area contributed by atoms with Gasteiger partial charge >= 0.3 is 0 Å². The molecule has 0 bridgehead atoms. The Morgan fingerprint density at radius 3 is 2.72 bits per heavy atom. The molecule has 98 valence electrons. The van der Waals surface area contributed by atoms with Gasteiger partial charge in [-0.2, -0.15) is 0 Å². The topological polar surface area (TPSA) is 55.1 Å². The maximum atomic E-state index is 13.8. The summed E-state index contributed by atoms with van der Waals surface area (Å²) in [5, 5.41) is 3.16. The molecule has 18 heavy (non-hydrogen) atoms. The molecular weight excluding hydrogens is 299 g/mol. The van der Waals surface area contributed by atoms with E-state index >= 15 is 0 Å². The van der Waals surface area contributed by atoms with Crippen LogP contribution in [0.4, 0.5) is 4.39 Å². The minimum Gasteiger partial charge on any atom is -0.368 e. The summed E-state index contributed by atoms with van der Waals surface area (Å²) in [6.45, 7) is 0. The maximum Gasteiger partial charge on any atom is 0.239 e. The molecule has 1 aromatic carbocycles. The fourth-order valence-corrected chi connectivity index (χ4v) is 2.77. The summed E-state index contributed by atoms with van der Waals surface area (Å²) in [5.41, 5.74) is 5.69. The van der Waals surface area contributed by atoms with Crippen molar-refractivity contribution in [2.24, 2.45) is 5.73 Å². The van der Waals surface area contributed by atoms with Crippen LogP contribution in [0.2, 0.25) is 0 Å². The largest absolute Gasteiger partial charge is 0.368 e. The van der Waals surface area contributed by atoms with Gasteiger partial charge in [0, 0.05) is 16.1 Å². The van der Waals surface area contributed by atoms with Crippen molar-refractivity contribution < 1.29 is 9.18 Å². The van der Waals surface area contributed by atoms with Gasteiger partial charge in [-0.05, 0) is 31.0 Å². The van der Waals surface area contributed by atoms with E-state index in [0.717, 1.165) is 30.2 Å². The maximum absolute atomic E-state index is 13.8. The van der Waals surface area contributed by atoms with Crippen LogP contribution in [0.3, 0.4) is 0 Å². The lowest BCUT2D eigenvalue weighted by molar-refractivity contribution is -0.120. The monoisotopic (exact) mass is 314 g/mol. The molecule has 1 unspecified atom stereocenters. The van der Waals surface area contributed by atoms with Crippen LogP contribution in [0.15, 0.2) is 22.7 Å². The molecule has 0 heterocycles. The molecule has 0 radical (unpaired) electrons. The smallest absolute Gasteiger partial charge is 0.239 e. The first-order valence-corrected chi connectivity index (χ1v) is 6.87. The summed E-state index contributed by atoms with van der Waals surface area (Å²) in [6.07, 6.45) is 4.31. The van der Waals surface area contributed by atoms with Crippen molar-refractivity contribution in [2.75, 3.05) is 0 Å². The van der Waals surface area contributed by atoms with Gasteiger partial charge in [0.15, 0.2) is 0 Å². The van der Waals surface area contributed by atoms with E-state index in [0.29, 0.717) is 5.56 Å². The van der Waals surface area contributed by atoms with E-state index in [2.05, 4.69) is 21.2 Å². The zero-order chi connectivity index (χ0) is 13.1. The molecular formula is C13H16BrFN2O. The SMILES string of the molecule is NC(=O)C(NC1CCCC1)c1cc(Br)ccc1F. The van der Waals surface area contributed by atoms with Gasteiger partial charge < -0.3 is 5.73 Å². The lowest BCUT2D eigenvalue weighted by Gasteiger charge is -2.21. The highest BCUT2D eigenvalue weighted by molar-refractivity contribution is 9.10. The second-order valence-electron chi connectivity index (χ2n) is 4.65. The molecule has 0 aromatic heterocycles. The number of carbonyl (C=O) groups excluding carboxylic acids is 1. The Hall–Kier alpha value is -0.940. The van der Waals surface area contributed by atoms with Gasteiger partial charge in [0.2, 0.25) is 5.91 Å². The van der Waals surface area contributed by atoms with Gasteiger partial charge in [-0.1, -0.05) is 28.8 Å². The van der Waals surface area contributed by atoms with E-state index in [1.165, 1.54) is 6.07 Å². The molecule has 1 atom stereocenters. The molecule has 3 nitrogen and oxygen atoms in total. The van der Waals surface area contributed by atoms with Gasteiger partial charge in [-0.25, -0.2) is 4.39 Å². The fourth-order valence-electron chi connectivity index (χ4n) is 2.39. The fraction of sp³-hybridized carbons (Fsp3) is 0.462. The quantitative estimate of drug-likeness (QED) is 0.897. The number of primary amides is 1. The Morgan fingerprint density at radius 1 is 1.44 bits per heavy atom. The minimum absolute atomic E-state index is 0.251. The van der Waals surface area contributed by atoms with E-state index in [1.54, 1.807) is 12.1 Å². The van der Waals surface area contributed by atoms with Crippen LogP contribution in [0.1, 0.15) is 37.3 Å². The Bertz CT molecular complexity index is 447. The molecule has 0 saturated heterocycles. The van der Waals surface area contributed by atoms with Crippen LogP contribution in [0.5, 0.6) is 0 Å². The summed E-state index contributed by atoms with van der Waals surface area (Å²) >= 11 is 3.28. The third-order valence-corrected chi connectivity index (χ3v) is 3.80. The third kappa shape index (κ3) is 3.09. The predicted molar refractivity (Wildman–Crippen MR) is 71.4 cm³/mol. The van der Waals surface area contributed by atoms with Crippen molar-refractivity contribution >= 4 is 21.8 Å². The van der Waals surface area contributed by atoms with E-state index in [4.69, 9.17) is 5.73 Å². The van der Waals surface area contributed by atoms with Crippen molar-refractivity contribution in [3.05, 3.63) is 34.1 Å². The van der Waals surface area contributed by atoms with Crippen molar-refractivity contribution in [3.63, 3.8) is 0 Å². The first-order chi connectivity index (χ1) is 8.58. The molecule has 1 aliphatic rings. The molecule has 1 aliphatic carbocycles. The Labute approximate surface area is 114 Å². The van der Waals surface area contributed by atoms with Gasteiger partial charge in [0.1, 0.15) is 11.9 Å². The number of amides is 1. The number of halogens is 2. The number of hydrogen-bond donors (Lipinski definition) is 2. The van der Waals surface area contributed by atoms with Crippen LogP contribution >= 0.6 is 15.9 Å². The van der Waals surface area contributed by atoms with Crippen LogP contribution in [-0.4, -0.2) is 11.9 Å². The second kappa shape index (κ2) is 5.80. The number of nitrogens with two attached hydrogens (primary N) is 1. The summed E-state index contributed by atoms with van der Waals surface area (Å²) in [6, 6.07) is 4.04. The van der Waals surface area contributed by atoms with Crippen molar-refractivity contribution in [2.45, 2.75) is 37.8 Å². The van der Waals surface area contributed by atoms with Crippen LogP contribution in [0.25, 0.3) is 0 Å². The lowest BCUT2D eigenvalue weighted by Crippen LogP contribution is -2.39. The Morgan fingerprint density at radius 2 is 2.11 bits per heavy atom. The number of hydrogen-bond acceptors (Lipinski definition) is 2. The molecule has 1 saturated carbocycles. The molecule has 1 amide bonds. The number of nitrogens with one attached hydrogen (secondary N) is 1. The van der Waals surface area contributed by atoms with E-state index in [1.807, 2.05) is 0 Å². The van der Waals surface area contributed by atoms with E-state index in [-0.39, 0.29) is 6.04 Å². The second-order valence-corrected chi connectivity index (χ2v) is 5.56. The van der Waals surface area contributed by atoms with Gasteiger partial charge in [-0.15, -0.1) is 0 Å². The molecule has 0 spiro atoms. The summed E-state index contributed by atoms with van der Waals surface area (Å²) in [7, 11) is 0. The summed E-state index contributed by atoms with van der Waals surface area (Å²) < 4.78 is 14.5. The average Bonchev–Trinajstić information content (AvgIpc) is 2.82. The molecule has 5 heteroatoms.